The molecule has 0 saturated carbocycles. The smallest absolute Gasteiger partial charge is 0.276 e. The molecular formula is C19H14Cl3N3O3. The minimum absolute atomic E-state index is 0.0832. The van der Waals surface area contributed by atoms with Crippen molar-refractivity contribution < 1.29 is 14.1 Å². The Hall–Kier alpha value is -2.54. The number of nitrogens with zero attached hydrogens (tertiary/aromatic N) is 2. The van der Waals surface area contributed by atoms with Gasteiger partial charge in [-0.25, -0.2) is 0 Å². The van der Waals surface area contributed by atoms with Gasteiger partial charge in [0.15, 0.2) is 11.5 Å². The number of carbonyl (C=O) groups is 2. The number of hydrogen-bond acceptors (Lipinski definition) is 4. The average molecular weight is 439 g/mol. The molecule has 0 unspecified atom stereocenters. The van der Waals surface area contributed by atoms with Gasteiger partial charge >= 0.3 is 0 Å². The molecule has 144 valence electrons. The van der Waals surface area contributed by atoms with E-state index in [-0.39, 0.29) is 12.2 Å². The molecule has 0 aliphatic rings. The third kappa shape index (κ3) is 4.84. The lowest BCUT2D eigenvalue weighted by atomic mass is 10.1. The molecule has 9 heteroatoms. The highest BCUT2D eigenvalue weighted by Gasteiger charge is 2.20. The summed E-state index contributed by atoms with van der Waals surface area (Å²) in [6, 6.07) is 13.2. The maximum atomic E-state index is 12.5. The first-order valence-electron chi connectivity index (χ1n) is 8.06. The summed E-state index contributed by atoms with van der Waals surface area (Å²) in [4.78, 5) is 25.9. The van der Waals surface area contributed by atoms with Crippen LogP contribution in [0.4, 0.5) is 5.69 Å². The maximum Gasteiger partial charge on any atom is 0.276 e. The number of anilines is 1. The molecule has 0 aliphatic heterocycles. The summed E-state index contributed by atoms with van der Waals surface area (Å²) in [5, 5.41) is 7.67. The van der Waals surface area contributed by atoms with Gasteiger partial charge < -0.3 is 14.7 Å². The first-order valence-corrected chi connectivity index (χ1v) is 9.20. The van der Waals surface area contributed by atoms with Gasteiger partial charge in [0.1, 0.15) is 0 Å². The van der Waals surface area contributed by atoms with E-state index in [1.54, 1.807) is 36.4 Å². The van der Waals surface area contributed by atoms with Crippen LogP contribution in [-0.4, -0.2) is 35.5 Å². The third-order valence-electron chi connectivity index (χ3n) is 3.77. The molecule has 0 saturated heterocycles. The first-order chi connectivity index (χ1) is 13.3. The van der Waals surface area contributed by atoms with Crippen molar-refractivity contribution >= 4 is 52.3 Å². The molecule has 2 amide bonds. The number of benzene rings is 2. The van der Waals surface area contributed by atoms with E-state index < -0.39 is 11.8 Å². The molecule has 3 rings (SSSR count). The van der Waals surface area contributed by atoms with E-state index in [0.29, 0.717) is 32.1 Å². The van der Waals surface area contributed by atoms with Crippen LogP contribution in [0, 0.1) is 0 Å². The highest BCUT2D eigenvalue weighted by molar-refractivity contribution is 6.42. The van der Waals surface area contributed by atoms with E-state index >= 15 is 0 Å². The summed E-state index contributed by atoms with van der Waals surface area (Å²) >= 11 is 17.7. The van der Waals surface area contributed by atoms with Crippen LogP contribution < -0.4 is 5.32 Å². The van der Waals surface area contributed by atoms with Gasteiger partial charge in [-0.2, -0.15) is 0 Å². The number of rotatable bonds is 5. The number of likely N-dealkylation sites (N-methyl/N-ethyl adjacent to an activating group) is 1. The van der Waals surface area contributed by atoms with E-state index in [9.17, 15) is 9.59 Å². The number of amides is 2. The molecule has 3 aromatic rings. The zero-order chi connectivity index (χ0) is 20.3. The van der Waals surface area contributed by atoms with Crippen LogP contribution >= 0.6 is 34.8 Å². The number of carbonyl (C=O) groups excluding carboxylic acids is 2. The van der Waals surface area contributed by atoms with Crippen LogP contribution in [0.3, 0.4) is 0 Å². The molecule has 1 heterocycles. The molecule has 28 heavy (non-hydrogen) atoms. The summed E-state index contributed by atoms with van der Waals surface area (Å²) in [6.45, 7) is -0.182. The van der Waals surface area contributed by atoms with Crippen molar-refractivity contribution in [2.24, 2.45) is 0 Å². The van der Waals surface area contributed by atoms with Crippen molar-refractivity contribution in [3.8, 4) is 11.3 Å². The lowest BCUT2D eigenvalue weighted by Gasteiger charge is -2.15. The predicted molar refractivity (Wildman–Crippen MR) is 109 cm³/mol. The molecule has 6 nitrogen and oxygen atoms in total. The van der Waals surface area contributed by atoms with Crippen molar-refractivity contribution in [1.82, 2.24) is 10.1 Å². The quantitative estimate of drug-likeness (QED) is 0.607. The van der Waals surface area contributed by atoms with Gasteiger partial charge in [-0.15, -0.1) is 0 Å². The van der Waals surface area contributed by atoms with Crippen molar-refractivity contribution in [1.29, 1.82) is 0 Å². The van der Waals surface area contributed by atoms with Crippen LogP contribution in [0.15, 0.2) is 53.1 Å². The second-order valence-corrected chi connectivity index (χ2v) is 7.18. The Morgan fingerprint density at radius 2 is 1.86 bits per heavy atom. The summed E-state index contributed by atoms with van der Waals surface area (Å²) in [7, 11) is 1.49. The molecule has 0 spiro atoms. The lowest BCUT2D eigenvalue weighted by molar-refractivity contribution is -0.116. The molecule has 1 N–H and O–H groups in total. The average Bonchev–Trinajstić information content (AvgIpc) is 3.14. The zero-order valence-electron chi connectivity index (χ0n) is 14.6. The van der Waals surface area contributed by atoms with Crippen molar-refractivity contribution in [3.63, 3.8) is 0 Å². The zero-order valence-corrected chi connectivity index (χ0v) is 16.8. The monoisotopic (exact) mass is 437 g/mol. The van der Waals surface area contributed by atoms with Gasteiger partial charge in [-0.05, 0) is 30.3 Å². The minimum Gasteiger partial charge on any atom is -0.355 e. The van der Waals surface area contributed by atoms with E-state index in [2.05, 4.69) is 10.5 Å². The standard InChI is InChI=1S/C19H14Cl3N3O3/c1-25(10-18(26)23-13-5-6-14(21)15(22)8-13)19(27)16-9-17(28-24-16)11-3-2-4-12(20)7-11/h2-9H,10H2,1H3,(H,23,26). The number of aromatic nitrogens is 1. The Morgan fingerprint density at radius 1 is 1.07 bits per heavy atom. The lowest BCUT2D eigenvalue weighted by Crippen LogP contribution is -2.35. The highest BCUT2D eigenvalue weighted by atomic mass is 35.5. The number of hydrogen-bond donors (Lipinski definition) is 1. The number of nitrogens with one attached hydrogen (secondary N) is 1. The molecule has 0 fully saturated rings. The SMILES string of the molecule is CN(CC(=O)Nc1ccc(Cl)c(Cl)c1)C(=O)c1cc(-c2cccc(Cl)c2)on1. The topological polar surface area (TPSA) is 75.4 Å². The van der Waals surface area contributed by atoms with Crippen LogP contribution in [0.5, 0.6) is 0 Å². The van der Waals surface area contributed by atoms with Crippen molar-refractivity contribution in [3.05, 3.63) is 69.3 Å². The molecule has 0 aliphatic carbocycles. The van der Waals surface area contributed by atoms with Gasteiger partial charge in [-0.1, -0.05) is 52.1 Å². The van der Waals surface area contributed by atoms with Gasteiger partial charge in [0.25, 0.3) is 5.91 Å². The van der Waals surface area contributed by atoms with Gasteiger partial charge in [0.05, 0.1) is 16.6 Å². The van der Waals surface area contributed by atoms with E-state index in [4.69, 9.17) is 39.3 Å². The van der Waals surface area contributed by atoms with Crippen LogP contribution in [0.2, 0.25) is 15.1 Å². The summed E-state index contributed by atoms with van der Waals surface area (Å²) in [5.74, 6) is -0.450. The van der Waals surface area contributed by atoms with E-state index in [0.717, 1.165) is 0 Å². The fourth-order valence-electron chi connectivity index (χ4n) is 2.41. The summed E-state index contributed by atoms with van der Waals surface area (Å²) in [6.07, 6.45) is 0. The normalized spacial score (nSPS) is 10.6. The molecule has 1 aromatic heterocycles. The molecule has 0 radical (unpaired) electrons. The fourth-order valence-corrected chi connectivity index (χ4v) is 2.90. The Bertz CT molecular complexity index is 1040. The number of halogens is 3. The van der Waals surface area contributed by atoms with Gasteiger partial charge in [-0.3, -0.25) is 9.59 Å². The van der Waals surface area contributed by atoms with Crippen molar-refractivity contribution in [2.75, 3.05) is 18.9 Å². The Labute approximate surface area is 176 Å². The maximum absolute atomic E-state index is 12.5. The first kappa shape index (κ1) is 20.2. The summed E-state index contributed by atoms with van der Waals surface area (Å²) < 4.78 is 5.22. The Morgan fingerprint density at radius 3 is 2.57 bits per heavy atom. The predicted octanol–water partition coefficient (Wildman–Crippen LogP) is 5.01. The minimum atomic E-state index is -0.457. The molecule has 0 atom stereocenters. The second-order valence-electron chi connectivity index (χ2n) is 5.93. The Kier molecular flexibility index (Phi) is 6.24. The van der Waals surface area contributed by atoms with Gasteiger partial charge in [0.2, 0.25) is 5.91 Å². The summed E-state index contributed by atoms with van der Waals surface area (Å²) in [5.41, 5.74) is 1.25. The Balaban J connectivity index is 1.64. The van der Waals surface area contributed by atoms with Crippen LogP contribution in [-0.2, 0) is 4.79 Å². The fraction of sp³-hybridized carbons (Fsp3) is 0.105. The molecule has 0 bridgehead atoms. The van der Waals surface area contributed by atoms with Crippen molar-refractivity contribution in [2.45, 2.75) is 0 Å². The van der Waals surface area contributed by atoms with Crippen LogP contribution in [0.25, 0.3) is 11.3 Å². The van der Waals surface area contributed by atoms with Gasteiger partial charge in [0, 0.05) is 29.4 Å². The molecule has 2 aromatic carbocycles. The van der Waals surface area contributed by atoms with E-state index in [1.165, 1.54) is 24.1 Å². The van der Waals surface area contributed by atoms with Crippen LogP contribution in [0.1, 0.15) is 10.5 Å². The largest absolute Gasteiger partial charge is 0.355 e. The second kappa shape index (κ2) is 8.65. The van der Waals surface area contributed by atoms with E-state index in [1.807, 2.05) is 0 Å². The highest BCUT2D eigenvalue weighted by Crippen LogP contribution is 2.25. The molecular weight excluding hydrogens is 425 g/mol. The third-order valence-corrected chi connectivity index (χ3v) is 4.74.